The number of anilines is 1. The first-order chi connectivity index (χ1) is 6.80. The summed E-state index contributed by atoms with van der Waals surface area (Å²) >= 11 is 1.71. The Hall–Kier alpha value is -0.810. The van der Waals surface area contributed by atoms with Crippen molar-refractivity contribution < 1.29 is 4.74 Å². The van der Waals surface area contributed by atoms with Gasteiger partial charge in [0.25, 0.3) is 0 Å². The molecule has 0 saturated carbocycles. The van der Waals surface area contributed by atoms with E-state index in [0.29, 0.717) is 6.61 Å². The van der Waals surface area contributed by atoms with Crippen molar-refractivity contribution in [1.29, 1.82) is 0 Å². The molecule has 0 aliphatic carbocycles. The molecule has 0 radical (unpaired) electrons. The fraction of sp³-hybridized carbons (Fsp3) is 0.556. The van der Waals surface area contributed by atoms with Crippen LogP contribution in [0.2, 0.25) is 0 Å². The van der Waals surface area contributed by atoms with Crippen LogP contribution in [-0.2, 0) is 17.1 Å². The van der Waals surface area contributed by atoms with E-state index < -0.39 is 0 Å². The van der Waals surface area contributed by atoms with E-state index in [-0.39, 0.29) is 0 Å². The number of methoxy groups -OCH3 is 1. The van der Waals surface area contributed by atoms with E-state index in [1.165, 1.54) is 0 Å². The zero-order valence-electron chi connectivity index (χ0n) is 8.70. The van der Waals surface area contributed by atoms with Gasteiger partial charge in [-0.05, 0) is 6.26 Å². The lowest BCUT2D eigenvalue weighted by Gasteiger charge is -2.06. The van der Waals surface area contributed by atoms with Crippen LogP contribution in [0.1, 0.15) is 11.5 Å². The Balaban J connectivity index is 2.88. The Kier molecular flexibility index (Phi) is 4.69. The summed E-state index contributed by atoms with van der Waals surface area (Å²) in [6.07, 6.45) is 2.03. The summed E-state index contributed by atoms with van der Waals surface area (Å²) in [5, 5.41) is 3.01. The van der Waals surface area contributed by atoms with Crippen LogP contribution in [0.15, 0.2) is 6.07 Å². The molecule has 78 valence electrons. The van der Waals surface area contributed by atoms with Gasteiger partial charge in [0.05, 0.1) is 18.1 Å². The van der Waals surface area contributed by atoms with Gasteiger partial charge in [-0.1, -0.05) is 0 Å². The number of nitrogens with zero attached hydrogens (tertiary/aromatic N) is 2. The number of rotatable bonds is 5. The van der Waals surface area contributed by atoms with Crippen LogP contribution >= 0.6 is 11.8 Å². The summed E-state index contributed by atoms with van der Waals surface area (Å²) < 4.78 is 5.04. The first kappa shape index (κ1) is 11.3. The van der Waals surface area contributed by atoms with Gasteiger partial charge < -0.3 is 10.1 Å². The first-order valence-corrected chi connectivity index (χ1v) is 5.72. The smallest absolute Gasteiger partial charge is 0.140 e. The molecule has 0 bridgehead atoms. The van der Waals surface area contributed by atoms with Crippen LogP contribution in [0.5, 0.6) is 0 Å². The second-order valence-corrected chi connectivity index (χ2v) is 3.64. The van der Waals surface area contributed by atoms with Crippen LogP contribution in [-0.4, -0.2) is 30.4 Å². The summed E-state index contributed by atoms with van der Waals surface area (Å²) in [6, 6.07) is 1.90. The zero-order chi connectivity index (χ0) is 10.4. The largest absolute Gasteiger partial charge is 0.378 e. The normalized spacial score (nSPS) is 10.2. The average molecular weight is 213 g/mol. The minimum atomic E-state index is 0.526. The molecule has 0 saturated heterocycles. The summed E-state index contributed by atoms with van der Waals surface area (Å²) in [5.74, 6) is 2.51. The van der Waals surface area contributed by atoms with E-state index in [2.05, 4.69) is 15.3 Å². The summed E-state index contributed by atoms with van der Waals surface area (Å²) in [6.45, 7) is 0.526. The van der Waals surface area contributed by atoms with Crippen molar-refractivity contribution in [2.24, 2.45) is 0 Å². The lowest BCUT2D eigenvalue weighted by molar-refractivity contribution is 0.181. The van der Waals surface area contributed by atoms with Crippen molar-refractivity contribution in [3.63, 3.8) is 0 Å². The van der Waals surface area contributed by atoms with Crippen molar-refractivity contribution >= 4 is 17.6 Å². The molecule has 0 spiro atoms. The second-order valence-electron chi connectivity index (χ2n) is 2.78. The monoisotopic (exact) mass is 213 g/mol. The number of aromatic nitrogens is 2. The van der Waals surface area contributed by atoms with Gasteiger partial charge in [0, 0.05) is 20.2 Å². The van der Waals surface area contributed by atoms with Gasteiger partial charge in [-0.15, -0.1) is 0 Å². The molecule has 1 rings (SSSR count). The third kappa shape index (κ3) is 3.16. The predicted molar refractivity (Wildman–Crippen MR) is 59.5 cm³/mol. The van der Waals surface area contributed by atoms with Gasteiger partial charge in [-0.25, -0.2) is 9.97 Å². The van der Waals surface area contributed by atoms with Crippen molar-refractivity contribution in [1.82, 2.24) is 9.97 Å². The molecule has 5 heteroatoms. The van der Waals surface area contributed by atoms with Crippen LogP contribution < -0.4 is 5.32 Å². The van der Waals surface area contributed by atoms with Crippen LogP contribution in [0.25, 0.3) is 0 Å². The summed E-state index contributed by atoms with van der Waals surface area (Å²) in [5.41, 5.74) is 0.913. The lowest BCUT2D eigenvalue weighted by Crippen LogP contribution is -2.03. The minimum Gasteiger partial charge on any atom is -0.378 e. The van der Waals surface area contributed by atoms with Crippen molar-refractivity contribution in [3.05, 3.63) is 17.6 Å². The Morgan fingerprint density at radius 1 is 1.50 bits per heavy atom. The highest BCUT2D eigenvalue weighted by atomic mass is 32.2. The molecule has 4 nitrogen and oxygen atoms in total. The minimum absolute atomic E-state index is 0.526. The van der Waals surface area contributed by atoms with Crippen LogP contribution in [0.3, 0.4) is 0 Å². The molecule has 0 fully saturated rings. The highest BCUT2D eigenvalue weighted by Gasteiger charge is 2.02. The molecule has 0 aliphatic heterocycles. The summed E-state index contributed by atoms with van der Waals surface area (Å²) in [4.78, 5) is 8.69. The predicted octanol–water partition coefficient (Wildman–Crippen LogP) is 1.53. The first-order valence-electron chi connectivity index (χ1n) is 4.32. The van der Waals surface area contributed by atoms with Gasteiger partial charge in [-0.3, -0.25) is 0 Å². The van der Waals surface area contributed by atoms with Crippen LogP contribution in [0.4, 0.5) is 5.82 Å². The molecule has 0 atom stereocenters. The van der Waals surface area contributed by atoms with Gasteiger partial charge >= 0.3 is 0 Å². The molecular weight excluding hydrogens is 198 g/mol. The maximum absolute atomic E-state index is 5.04. The van der Waals surface area contributed by atoms with Gasteiger partial charge in [-0.2, -0.15) is 11.8 Å². The number of hydrogen-bond acceptors (Lipinski definition) is 5. The SMILES string of the molecule is CNc1cc(COC)nc(CSC)n1. The van der Waals surface area contributed by atoms with Crippen molar-refractivity contribution in [2.45, 2.75) is 12.4 Å². The quantitative estimate of drug-likeness (QED) is 0.803. The van der Waals surface area contributed by atoms with E-state index >= 15 is 0 Å². The number of hydrogen-bond donors (Lipinski definition) is 1. The Bertz CT molecular complexity index is 269. The molecule has 1 heterocycles. The van der Waals surface area contributed by atoms with Crippen LogP contribution in [0, 0.1) is 0 Å². The average Bonchev–Trinajstić information content (AvgIpc) is 2.18. The molecule has 0 amide bonds. The molecular formula is C9H15N3OS. The number of thioether (sulfide) groups is 1. The van der Waals surface area contributed by atoms with Gasteiger partial charge in [0.15, 0.2) is 0 Å². The number of nitrogens with one attached hydrogen (secondary N) is 1. The Morgan fingerprint density at radius 2 is 2.29 bits per heavy atom. The topological polar surface area (TPSA) is 47.0 Å². The molecule has 1 N–H and O–H groups in total. The standard InChI is InChI=1S/C9H15N3OS/c1-10-8-4-7(5-13-2)11-9(12-8)6-14-3/h4H,5-6H2,1-3H3,(H,10,11,12). The lowest BCUT2D eigenvalue weighted by atomic mass is 10.4. The Morgan fingerprint density at radius 3 is 2.86 bits per heavy atom. The van der Waals surface area contributed by atoms with Gasteiger partial charge in [0.1, 0.15) is 11.6 Å². The zero-order valence-corrected chi connectivity index (χ0v) is 9.52. The summed E-state index contributed by atoms with van der Waals surface area (Å²) in [7, 11) is 3.51. The molecule has 0 aromatic carbocycles. The van der Waals surface area contributed by atoms with Gasteiger partial charge in [0.2, 0.25) is 0 Å². The van der Waals surface area contributed by atoms with E-state index in [0.717, 1.165) is 23.1 Å². The molecule has 14 heavy (non-hydrogen) atoms. The molecule has 0 aliphatic rings. The van der Waals surface area contributed by atoms with Crippen molar-refractivity contribution in [3.8, 4) is 0 Å². The molecule has 1 aromatic rings. The highest BCUT2D eigenvalue weighted by Crippen LogP contribution is 2.10. The maximum Gasteiger partial charge on any atom is 0.140 e. The van der Waals surface area contributed by atoms with E-state index in [4.69, 9.17) is 4.74 Å². The second kappa shape index (κ2) is 5.82. The fourth-order valence-corrected chi connectivity index (χ4v) is 1.48. The van der Waals surface area contributed by atoms with E-state index in [1.54, 1.807) is 18.9 Å². The van der Waals surface area contributed by atoms with E-state index in [9.17, 15) is 0 Å². The van der Waals surface area contributed by atoms with Crippen molar-refractivity contribution in [2.75, 3.05) is 25.7 Å². The highest BCUT2D eigenvalue weighted by molar-refractivity contribution is 7.97. The van der Waals surface area contributed by atoms with E-state index in [1.807, 2.05) is 19.4 Å². The molecule has 1 aromatic heterocycles. The third-order valence-electron chi connectivity index (χ3n) is 1.65. The maximum atomic E-state index is 5.04. The number of ether oxygens (including phenoxy) is 1. The Labute approximate surface area is 88.5 Å². The third-order valence-corrected chi connectivity index (χ3v) is 2.19. The fourth-order valence-electron chi connectivity index (χ4n) is 1.10. The molecule has 0 unspecified atom stereocenters.